The van der Waals surface area contributed by atoms with Crippen LogP contribution in [-0.2, 0) is 16.0 Å². The van der Waals surface area contributed by atoms with E-state index in [4.69, 9.17) is 4.74 Å². The van der Waals surface area contributed by atoms with E-state index in [1.807, 2.05) is 4.90 Å². The van der Waals surface area contributed by atoms with Crippen LogP contribution in [0.25, 0.3) is 0 Å². The zero-order valence-electron chi connectivity index (χ0n) is 11.0. The minimum Gasteiger partial charge on any atom is -0.383 e. The SMILES string of the molecule is CCc1ccc(C2NCC(=O)N2CCOC)cc1. The molecule has 0 bridgehead atoms. The number of methoxy groups -OCH3 is 1. The quantitative estimate of drug-likeness (QED) is 0.854. The molecule has 0 aliphatic carbocycles. The average Bonchev–Trinajstić information content (AvgIpc) is 2.78. The van der Waals surface area contributed by atoms with Gasteiger partial charge in [-0.05, 0) is 17.5 Å². The average molecular weight is 248 g/mol. The molecule has 0 aromatic heterocycles. The first-order chi connectivity index (χ1) is 8.76. The van der Waals surface area contributed by atoms with Gasteiger partial charge in [-0.1, -0.05) is 31.2 Å². The smallest absolute Gasteiger partial charge is 0.238 e. The highest BCUT2D eigenvalue weighted by molar-refractivity contribution is 5.80. The van der Waals surface area contributed by atoms with Crippen molar-refractivity contribution in [3.63, 3.8) is 0 Å². The highest BCUT2D eigenvalue weighted by Crippen LogP contribution is 2.22. The van der Waals surface area contributed by atoms with E-state index in [9.17, 15) is 4.79 Å². The van der Waals surface area contributed by atoms with Gasteiger partial charge in [0, 0.05) is 13.7 Å². The standard InChI is InChI=1S/C14H20N2O2/c1-3-11-4-6-12(7-5-11)14-15-10-13(17)16(14)8-9-18-2/h4-7,14-15H,3,8-10H2,1-2H3. The van der Waals surface area contributed by atoms with Crippen molar-refractivity contribution in [2.24, 2.45) is 0 Å². The second-order valence-electron chi connectivity index (χ2n) is 4.46. The Morgan fingerprint density at radius 2 is 2.11 bits per heavy atom. The molecule has 1 unspecified atom stereocenters. The molecule has 1 saturated heterocycles. The Morgan fingerprint density at radius 3 is 2.72 bits per heavy atom. The van der Waals surface area contributed by atoms with Gasteiger partial charge in [-0.2, -0.15) is 0 Å². The Bertz CT molecular complexity index is 403. The van der Waals surface area contributed by atoms with E-state index in [1.54, 1.807) is 7.11 Å². The number of benzene rings is 1. The van der Waals surface area contributed by atoms with Crippen molar-refractivity contribution < 1.29 is 9.53 Å². The largest absolute Gasteiger partial charge is 0.383 e. The molecule has 0 saturated carbocycles. The lowest BCUT2D eigenvalue weighted by molar-refractivity contribution is -0.128. The van der Waals surface area contributed by atoms with Crippen LogP contribution >= 0.6 is 0 Å². The van der Waals surface area contributed by atoms with Crippen LogP contribution in [0.3, 0.4) is 0 Å². The number of nitrogens with zero attached hydrogens (tertiary/aromatic N) is 1. The lowest BCUT2D eigenvalue weighted by atomic mass is 10.1. The monoisotopic (exact) mass is 248 g/mol. The normalized spacial score (nSPS) is 19.6. The molecule has 1 fully saturated rings. The van der Waals surface area contributed by atoms with Gasteiger partial charge in [0.2, 0.25) is 5.91 Å². The Kier molecular flexibility index (Phi) is 4.33. The molecule has 0 radical (unpaired) electrons. The topological polar surface area (TPSA) is 41.6 Å². The van der Waals surface area contributed by atoms with Gasteiger partial charge in [0.1, 0.15) is 6.17 Å². The summed E-state index contributed by atoms with van der Waals surface area (Å²) in [6, 6.07) is 8.42. The molecule has 1 aromatic carbocycles. The summed E-state index contributed by atoms with van der Waals surface area (Å²) in [7, 11) is 1.65. The Balaban J connectivity index is 2.12. The van der Waals surface area contributed by atoms with Crippen molar-refractivity contribution in [2.75, 3.05) is 26.8 Å². The van der Waals surface area contributed by atoms with Gasteiger partial charge in [-0.25, -0.2) is 0 Å². The molecule has 1 amide bonds. The number of hydrogen-bond donors (Lipinski definition) is 1. The molecule has 1 aliphatic heterocycles. The number of rotatable bonds is 5. The summed E-state index contributed by atoms with van der Waals surface area (Å²) in [5, 5.41) is 3.24. The van der Waals surface area contributed by atoms with Crippen LogP contribution in [0.1, 0.15) is 24.2 Å². The zero-order chi connectivity index (χ0) is 13.0. The van der Waals surface area contributed by atoms with E-state index in [0.29, 0.717) is 19.7 Å². The number of hydrogen-bond acceptors (Lipinski definition) is 3. The van der Waals surface area contributed by atoms with E-state index in [1.165, 1.54) is 5.56 Å². The summed E-state index contributed by atoms with van der Waals surface area (Å²) >= 11 is 0. The van der Waals surface area contributed by atoms with Crippen LogP contribution in [0.4, 0.5) is 0 Å². The number of amides is 1. The van der Waals surface area contributed by atoms with E-state index in [-0.39, 0.29) is 12.1 Å². The van der Waals surface area contributed by atoms with Gasteiger partial charge in [-0.3, -0.25) is 10.1 Å². The van der Waals surface area contributed by atoms with Crippen molar-refractivity contribution in [3.8, 4) is 0 Å². The third kappa shape index (κ3) is 2.71. The molecule has 1 aliphatic rings. The first kappa shape index (κ1) is 13.1. The molecule has 2 rings (SSSR count). The van der Waals surface area contributed by atoms with Gasteiger partial charge in [-0.15, -0.1) is 0 Å². The lowest BCUT2D eigenvalue weighted by Gasteiger charge is -2.24. The third-order valence-corrected chi connectivity index (χ3v) is 3.32. The fourth-order valence-electron chi connectivity index (χ4n) is 2.22. The molecule has 98 valence electrons. The highest BCUT2D eigenvalue weighted by atomic mass is 16.5. The second kappa shape index (κ2) is 5.98. The summed E-state index contributed by atoms with van der Waals surface area (Å²) < 4.78 is 5.05. The number of aryl methyl sites for hydroxylation is 1. The van der Waals surface area contributed by atoms with Crippen LogP contribution in [0.5, 0.6) is 0 Å². The van der Waals surface area contributed by atoms with Gasteiger partial charge >= 0.3 is 0 Å². The van der Waals surface area contributed by atoms with Gasteiger partial charge < -0.3 is 9.64 Å². The zero-order valence-corrected chi connectivity index (χ0v) is 11.0. The summed E-state index contributed by atoms with van der Waals surface area (Å²) in [5.41, 5.74) is 2.45. The maximum absolute atomic E-state index is 11.8. The van der Waals surface area contributed by atoms with Crippen molar-refractivity contribution in [3.05, 3.63) is 35.4 Å². The lowest BCUT2D eigenvalue weighted by Crippen LogP contribution is -2.33. The summed E-state index contributed by atoms with van der Waals surface area (Å²) in [6.45, 7) is 3.74. The Morgan fingerprint density at radius 1 is 1.39 bits per heavy atom. The molecular weight excluding hydrogens is 228 g/mol. The molecule has 1 N–H and O–H groups in total. The van der Waals surface area contributed by atoms with E-state index in [2.05, 4.69) is 36.5 Å². The minimum atomic E-state index is -0.0152. The maximum Gasteiger partial charge on any atom is 0.238 e. The number of carbonyl (C=O) groups is 1. The van der Waals surface area contributed by atoms with Crippen molar-refractivity contribution in [1.82, 2.24) is 10.2 Å². The highest BCUT2D eigenvalue weighted by Gasteiger charge is 2.30. The molecular formula is C14H20N2O2. The third-order valence-electron chi connectivity index (χ3n) is 3.32. The molecule has 4 nitrogen and oxygen atoms in total. The fraction of sp³-hybridized carbons (Fsp3) is 0.500. The van der Waals surface area contributed by atoms with Crippen LogP contribution in [0, 0.1) is 0 Å². The number of ether oxygens (including phenoxy) is 1. The Hall–Kier alpha value is -1.39. The summed E-state index contributed by atoms with van der Waals surface area (Å²) in [5.74, 6) is 0.136. The predicted octanol–water partition coefficient (Wildman–Crippen LogP) is 1.33. The second-order valence-corrected chi connectivity index (χ2v) is 4.46. The molecule has 1 atom stereocenters. The first-order valence-electron chi connectivity index (χ1n) is 6.37. The van der Waals surface area contributed by atoms with Crippen molar-refractivity contribution in [1.29, 1.82) is 0 Å². The number of carbonyl (C=O) groups excluding carboxylic acids is 1. The van der Waals surface area contributed by atoms with E-state index in [0.717, 1.165) is 12.0 Å². The van der Waals surface area contributed by atoms with Crippen LogP contribution < -0.4 is 5.32 Å². The van der Waals surface area contributed by atoms with Crippen molar-refractivity contribution >= 4 is 5.91 Å². The minimum absolute atomic E-state index is 0.0152. The predicted molar refractivity (Wildman–Crippen MR) is 70.2 cm³/mol. The van der Waals surface area contributed by atoms with Gasteiger partial charge in [0.25, 0.3) is 0 Å². The maximum atomic E-state index is 11.8. The van der Waals surface area contributed by atoms with Crippen molar-refractivity contribution in [2.45, 2.75) is 19.5 Å². The first-order valence-corrected chi connectivity index (χ1v) is 6.37. The number of nitrogens with one attached hydrogen (secondary N) is 1. The van der Waals surface area contributed by atoms with Crippen LogP contribution in [0.15, 0.2) is 24.3 Å². The summed E-state index contributed by atoms with van der Waals surface area (Å²) in [4.78, 5) is 13.6. The Labute approximate surface area is 108 Å². The van der Waals surface area contributed by atoms with E-state index < -0.39 is 0 Å². The van der Waals surface area contributed by atoms with Crippen LogP contribution in [-0.4, -0.2) is 37.6 Å². The fourth-order valence-corrected chi connectivity index (χ4v) is 2.22. The van der Waals surface area contributed by atoms with Gasteiger partial charge in [0.05, 0.1) is 13.2 Å². The van der Waals surface area contributed by atoms with Crippen LogP contribution in [0.2, 0.25) is 0 Å². The molecule has 18 heavy (non-hydrogen) atoms. The molecule has 0 spiro atoms. The van der Waals surface area contributed by atoms with Gasteiger partial charge in [0.15, 0.2) is 0 Å². The molecule has 1 aromatic rings. The molecule has 4 heteroatoms. The molecule has 1 heterocycles. The summed E-state index contributed by atoms with van der Waals surface area (Å²) in [6.07, 6.45) is 1.02. The van der Waals surface area contributed by atoms with E-state index >= 15 is 0 Å².